The van der Waals surface area contributed by atoms with Crippen LogP contribution in [-0.4, -0.2) is 11.7 Å². The molecule has 3 nitrogen and oxygen atoms in total. The second-order valence-electron chi connectivity index (χ2n) is 7.52. The molecule has 3 aliphatic rings. The number of rotatable bonds is 1. The Hall–Kier alpha value is -2.20. The first-order valence-corrected chi connectivity index (χ1v) is 9.76. The Morgan fingerprint density at radius 2 is 1.69 bits per heavy atom. The average molecular weight is 408 g/mol. The van der Waals surface area contributed by atoms with Crippen LogP contribution in [-0.2, 0) is 19.3 Å². The third-order valence-corrected chi connectivity index (χ3v) is 7.29. The maximum absolute atomic E-state index is 13.7. The van der Waals surface area contributed by atoms with Crippen LogP contribution in [0.5, 0.6) is 0 Å². The fraction of sp³-hybridized carbons (Fsp3) is 0.273. The average Bonchev–Trinajstić information content (AvgIpc) is 2.95. The summed E-state index contributed by atoms with van der Waals surface area (Å²) in [4.78, 5) is 29.1. The number of halogens is 1. The Bertz CT molecular complexity index is 996. The van der Waals surface area contributed by atoms with Gasteiger partial charge in [0.15, 0.2) is 10.1 Å². The van der Waals surface area contributed by atoms with Crippen LogP contribution < -0.4 is 4.90 Å². The van der Waals surface area contributed by atoms with Gasteiger partial charge in [-0.3, -0.25) is 14.5 Å². The van der Waals surface area contributed by atoms with Gasteiger partial charge in [0.25, 0.3) is 5.91 Å². The smallest absolute Gasteiger partial charge is 0.260 e. The molecule has 1 aliphatic carbocycles. The molecular formula is C22H18BrNO2. The zero-order valence-corrected chi connectivity index (χ0v) is 16.0. The minimum atomic E-state index is -1.34. The lowest BCUT2D eigenvalue weighted by molar-refractivity contribution is -0.129. The summed E-state index contributed by atoms with van der Waals surface area (Å²) in [6.45, 7) is 2.17. The molecule has 0 saturated carbocycles. The van der Waals surface area contributed by atoms with Gasteiger partial charge in [-0.05, 0) is 43.4 Å². The van der Waals surface area contributed by atoms with Gasteiger partial charge in [0.1, 0.15) is 0 Å². The number of alkyl halides is 1. The van der Waals surface area contributed by atoms with Gasteiger partial charge >= 0.3 is 0 Å². The van der Waals surface area contributed by atoms with Crippen molar-refractivity contribution < 1.29 is 9.59 Å². The monoisotopic (exact) mass is 407 g/mol. The van der Waals surface area contributed by atoms with E-state index in [1.165, 1.54) is 0 Å². The summed E-state index contributed by atoms with van der Waals surface area (Å²) in [5.74, 6) is -0.302. The molecule has 130 valence electrons. The van der Waals surface area contributed by atoms with Crippen LogP contribution in [0.4, 0.5) is 5.69 Å². The van der Waals surface area contributed by atoms with Crippen molar-refractivity contribution in [2.75, 3.05) is 4.90 Å². The van der Waals surface area contributed by atoms with Gasteiger partial charge in [-0.2, -0.15) is 0 Å². The summed E-state index contributed by atoms with van der Waals surface area (Å²) in [5.41, 5.74) is 4.21. The third kappa shape index (κ3) is 1.73. The van der Waals surface area contributed by atoms with Crippen LogP contribution in [0.15, 0.2) is 65.9 Å². The van der Waals surface area contributed by atoms with Crippen molar-refractivity contribution in [3.05, 3.63) is 77.0 Å². The van der Waals surface area contributed by atoms with Crippen LogP contribution in [0.25, 0.3) is 0 Å². The van der Waals surface area contributed by atoms with Gasteiger partial charge in [-0.1, -0.05) is 64.5 Å². The summed E-state index contributed by atoms with van der Waals surface area (Å²) in [5, 5.41) is 0. The summed E-state index contributed by atoms with van der Waals surface area (Å²) in [6, 6.07) is 17.4. The molecule has 0 aromatic heterocycles. The molecule has 2 aromatic carbocycles. The third-order valence-electron chi connectivity index (χ3n) is 6.13. The maximum atomic E-state index is 13.7. The molecule has 2 heterocycles. The number of carbonyl (C=O) groups is 2. The number of fused-ring (bicyclic) bond motifs is 3. The van der Waals surface area contributed by atoms with E-state index in [0.29, 0.717) is 5.56 Å². The van der Waals surface area contributed by atoms with Gasteiger partial charge in [0.05, 0.1) is 5.69 Å². The first-order chi connectivity index (χ1) is 12.5. The van der Waals surface area contributed by atoms with E-state index in [1.807, 2.05) is 53.4 Å². The Morgan fingerprint density at radius 3 is 2.46 bits per heavy atom. The molecule has 1 amide bonds. The van der Waals surface area contributed by atoms with Crippen molar-refractivity contribution in [2.45, 2.75) is 35.9 Å². The topological polar surface area (TPSA) is 37.4 Å². The lowest BCUT2D eigenvalue weighted by atomic mass is 9.69. The number of benzene rings is 2. The Balaban J connectivity index is 1.83. The van der Waals surface area contributed by atoms with E-state index in [4.69, 9.17) is 0 Å². The van der Waals surface area contributed by atoms with Gasteiger partial charge in [-0.15, -0.1) is 0 Å². The molecule has 0 radical (unpaired) electrons. The van der Waals surface area contributed by atoms with Crippen LogP contribution in [0, 0.1) is 0 Å². The van der Waals surface area contributed by atoms with E-state index in [9.17, 15) is 9.59 Å². The maximum Gasteiger partial charge on any atom is 0.260 e. The number of amides is 1. The molecule has 4 heteroatoms. The predicted molar refractivity (Wildman–Crippen MR) is 104 cm³/mol. The van der Waals surface area contributed by atoms with Crippen molar-refractivity contribution in [3.8, 4) is 0 Å². The fourth-order valence-electron chi connectivity index (χ4n) is 4.90. The number of para-hydroxylation sites is 1. The van der Waals surface area contributed by atoms with Crippen molar-refractivity contribution in [1.82, 2.24) is 0 Å². The first kappa shape index (κ1) is 16.0. The number of allylic oxidation sites excluding steroid dienone is 2. The van der Waals surface area contributed by atoms with Crippen LogP contribution in [0.2, 0.25) is 0 Å². The largest absolute Gasteiger partial charge is 0.292 e. The molecule has 0 spiro atoms. The molecule has 2 unspecified atom stereocenters. The number of Topliss-reactive ketones (excluding diaryl/α,β-unsaturated/α-hetero) is 1. The number of anilines is 1. The first-order valence-electron chi connectivity index (χ1n) is 8.96. The number of hydrogen-bond acceptors (Lipinski definition) is 2. The van der Waals surface area contributed by atoms with E-state index in [0.717, 1.165) is 41.8 Å². The van der Waals surface area contributed by atoms with Gasteiger partial charge < -0.3 is 0 Å². The van der Waals surface area contributed by atoms with Crippen LogP contribution in [0.3, 0.4) is 0 Å². The highest BCUT2D eigenvalue weighted by atomic mass is 79.9. The van der Waals surface area contributed by atoms with Crippen molar-refractivity contribution >= 4 is 33.3 Å². The number of hydrogen-bond donors (Lipinski definition) is 0. The van der Waals surface area contributed by atoms with E-state index in [1.54, 1.807) is 0 Å². The van der Waals surface area contributed by atoms with Gasteiger partial charge in [-0.25, -0.2) is 0 Å². The highest BCUT2D eigenvalue weighted by molar-refractivity contribution is 9.10. The standard InChI is InChI=1S/C22H18BrNO2/c1-21-13-7-10-15-18(21)24(17-12-6-5-11-16(17)21)20(26)22(23,19(15)25)14-8-3-2-4-9-14/h2-6,8-9,11-12H,7,10,13H2,1H3. The quantitative estimate of drug-likeness (QED) is 0.511. The summed E-state index contributed by atoms with van der Waals surface area (Å²) in [7, 11) is 0. The molecule has 5 rings (SSSR count). The molecule has 26 heavy (non-hydrogen) atoms. The lowest BCUT2D eigenvalue weighted by Crippen LogP contribution is -2.54. The zero-order chi connectivity index (χ0) is 18.1. The van der Waals surface area contributed by atoms with E-state index in [-0.39, 0.29) is 17.1 Å². The second-order valence-corrected chi connectivity index (χ2v) is 8.71. The van der Waals surface area contributed by atoms with Gasteiger partial charge in [0, 0.05) is 16.7 Å². The normalized spacial score (nSPS) is 29.7. The summed E-state index contributed by atoms with van der Waals surface area (Å²) >= 11 is 3.59. The molecule has 2 atom stereocenters. The van der Waals surface area contributed by atoms with Gasteiger partial charge in [0.2, 0.25) is 0 Å². The minimum absolute atomic E-state index is 0.0984. The molecule has 0 fully saturated rings. The molecule has 0 bridgehead atoms. The molecular weight excluding hydrogens is 390 g/mol. The Labute approximate surface area is 160 Å². The van der Waals surface area contributed by atoms with Crippen LogP contribution in [0.1, 0.15) is 37.3 Å². The molecule has 2 aliphatic heterocycles. The van der Waals surface area contributed by atoms with Crippen molar-refractivity contribution in [2.24, 2.45) is 0 Å². The van der Waals surface area contributed by atoms with Crippen LogP contribution >= 0.6 is 15.9 Å². The zero-order valence-electron chi connectivity index (χ0n) is 14.5. The van der Waals surface area contributed by atoms with E-state index in [2.05, 4.69) is 28.9 Å². The molecule has 2 aromatic rings. The SMILES string of the molecule is CC12CCCC3=C1N(C(=O)C(Br)(c1ccccc1)C3=O)c1ccccc12. The highest BCUT2D eigenvalue weighted by Crippen LogP contribution is 2.59. The number of carbonyl (C=O) groups excluding carboxylic acids is 2. The molecule has 0 saturated heterocycles. The van der Waals surface area contributed by atoms with Crippen molar-refractivity contribution in [1.29, 1.82) is 0 Å². The lowest BCUT2D eigenvalue weighted by Gasteiger charge is -2.43. The summed E-state index contributed by atoms with van der Waals surface area (Å²) in [6.07, 6.45) is 2.64. The Kier molecular flexibility index (Phi) is 3.18. The number of nitrogens with zero attached hydrogens (tertiary/aromatic N) is 1. The fourth-order valence-corrected chi connectivity index (χ4v) is 5.58. The Morgan fingerprint density at radius 1 is 1.00 bits per heavy atom. The summed E-state index contributed by atoms with van der Waals surface area (Å²) < 4.78 is -1.34. The van der Waals surface area contributed by atoms with E-state index < -0.39 is 4.32 Å². The minimum Gasteiger partial charge on any atom is -0.292 e. The molecule has 0 N–H and O–H groups in total. The van der Waals surface area contributed by atoms with E-state index >= 15 is 0 Å². The predicted octanol–water partition coefficient (Wildman–Crippen LogP) is 4.60. The number of ketones is 1. The highest BCUT2D eigenvalue weighted by Gasteiger charge is 2.60. The van der Waals surface area contributed by atoms with Crippen molar-refractivity contribution in [3.63, 3.8) is 0 Å². The second kappa shape index (κ2) is 5.17.